The van der Waals surface area contributed by atoms with Crippen LogP contribution in [-0.4, -0.2) is 10.7 Å². The van der Waals surface area contributed by atoms with Crippen LogP contribution in [0.1, 0.15) is 33.1 Å². The van der Waals surface area contributed by atoms with Crippen LogP contribution in [0.4, 0.5) is 0 Å². The molecule has 0 bridgehead atoms. The largest absolute Gasteiger partial charge is 0.344 e. The topological polar surface area (TPSA) is 29.1 Å². The van der Waals surface area contributed by atoms with Crippen molar-refractivity contribution in [2.75, 3.05) is 0 Å². The Bertz CT molecular complexity index is 622. The van der Waals surface area contributed by atoms with Crippen LogP contribution >= 0.6 is 27.3 Å². The fraction of sp³-hybridized carbons (Fsp3) is 0.267. The Morgan fingerprint density at radius 3 is 2.89 bits per heavy atom. The maximum atomic E-state index is 12.3. The van der Waals surface area contributed by atoms with E-state index >= 15 is 0 Å². The van der Waals surface area contributed by atoms with E-state index in [4.69, 9.17) is 0 Å². The van der Waals surface area contributed by atoms with E-state index in [2.05, 4.69) is 33.4 Å². The van der Waals surface area contributed by atoms with Crippen LogP contribution in [0.25, 0.3) is 0 Å². The number of aryl methyl sites for hydroxylation is 1. The van der Waals surface area contributed by atoms with Gasteiger partial charge in [0.15, 0.2) is 0 Å². The second-order valence-electron chi connectivity index (χ2n) is 4.84. The number of hydrogen-bond acceptors (Lipinski definition) is 2. The van der Waals surface area contributed by atoms with E-state index in [0.29, 0.717) is 0 Å². The van der Waals surface area contributed by atoms with Gasteiger partial charge in [-0.05, 0) is 35.4 Å². The number of fused-ring (bicyclic) bond motifs is 1. The van der Waals surface area contributed by atoms with Gasteiger partial charge in [0.2, 0.25) is 0 Å². The molecule has 3 rings (SSSR count). The fourth-order valence-electron chi connectivity index (χ4n) is 2.53. The van der Waals surface area contributed by atoms with Crippen molar-refractivity contribution in [2.45, 2.75) is 24.2 Å². The molecule has 1 aromatic carbocycles. The molecule has 0 radical (unpaired) electrons. The minimum atomic E-state index is 0.0184. The number of alkyl halides is 1. The highest BCUT2D eigenvalue weighted by Crippen LogP contribution is 2.36. The van der Waals surface area contributed by atoms with Crippen molar-refractivity contribution in [3.8, 4) is 0 Å². The van der Waals surface area contributed by atoms with Gasteiger partial charge in [0.05, 0.1) is 11.6 Å². The standard InChI is InChI=1S/C15H14BrNOS/c1-9-7-19-8-12(9)15(18)17-14-11-5-3-2-4-10(11)6-13(14)16/h2-5,7-8,13-14H,6H2,1H3,(H,17,18). The maximum Gasteiger partial charge on any atom is 0.252 e. The lowest BCUT2D eigenvalue weighted by molar-refractivity contribution is 0.0938. The monoisotopic (exact) mass is 335 g/mol. The van der Waals surface area contributed by atoms with E-state index in [1.807, 2.05) is 29.8 Å². The number of rotatable bonds is 2. The van der Waals surface area contributed by atoms with Gasteiger partial charge >= 0.3 is 0 Å². The van der Waals surface area contributed by atoms with Gasteiger partial charge in [-0.25, -0.2) is 0 Å². The zero-order valence-electron chi connectivity index (χ0n) is 10.5. The molecule has 19 heavy (non-hydrogen) atoms. The summed E-state index contributed by atoms with van der Waals surface area (Å²) in [4.78, 5) is 12.6. The molecule has 4 heteroatoms. The van der Waals surface area contributed by atoms with Crippen molar-refractivity contribution in [3.05, 3.63) is 57.3 Å². The van der Waals surface area contributed by atoms with E-state index in [9.17, 15) is 4.79 Å². The van der Waals surface area contributed by atoms with Crippen molar-refractivity contribution in [1.82, 2.24) is 5.32 Å². The van der Waals surface area contributed by atoms with Crippen LogP contribution in [0.5, 0.6) is 0 Å². The molecule has 1 amide bonds. The third kappa shape index (κ3) is 2.35. The van der Waals surface area contributed by atoms with Gasteiger partial charge in [0.1, 0.15) is 0 Å². The van der Waals surface area contributed by atoms with E-state index in [0.717, 1.165) is 17.5 Å². The summed E-state index contributed by atoms with van der Waals surface area (Å²) in [5.41, 5.74) is 4.37. The third-order valence-electron chi connectivity index (χ3n) is 3.55. The highest BCUT2D eigenvalue weighted by Gasteiger charge is 2.31. The Labute approximate surface area is 125 Å². The first-order valence-corrected chi connectivity index (χ1v) is 8.08. The van der Waals surface area contributed by atoms with E-state index in [-0.39, 0.29) is 16.8 Å². The molecule has 2 aromatic rings. The number of halogens is 1. The van der Waals surface area contributed by atoms with Crippen LogP contribution in [0, 0.1) is 6.92 Å². The summed E-state index contributed by atoms with van der Waals surface area (Å²) >= 11 is 5.25. The number of carbonyl (C=O) groups excluding carboxylic acids is 1. The smallest absolute Gasteiger partial charge is 0.252 e. The Hall–Kier alpha value is -1.13. The van der Waals surface area contributed by atoms with Crippen LogP contribution in [0.15, 0.2) is 35.0 Å². The number of amides is 1. The molecule has 98 valence electrons. The number of carbonyl (C=O) groups is 1. The molecule has 0 saturated carbocycles. The van der Waals surface area contributed by atoms with Crippen LogP contribution in [0.3, 0.4) is 0 Å². The molecule has 0 spiro atoms. The zero-order chi connectivity index (χ0) is 13.4. The quantitative estimate of drug-likeness (QED) is 0.830. The Morgan fingerprint density at radius 1 is 1.37 bits per heavy atom. The maximum absolute atomic E-state index is 12.3. The van der Waals surface area contributed by atoms with E-state index in [1.165, 1.54) is 11.1 Å². The molecule has 0 fully saturated rings. The highest BCUT2D eigenvalue weighted by molar-refractivity contribution is 9.09. The first-order valence-electron chi connectivity index (χ1n) is 6.22. The van der Waals surface area contributed by atoms with Gasteiger partial charge in [-0.15, -0.1) is 0 Å². The predicted octanol–water partition coefficient (Wildman–Crippen LogP) is 3.85. The normalized spacial score (nSPS) is 21.2. The van der Waals surface area contributed by atoms with Crippen LogP contribution < -0.4 is 5.32 Å². The van der Waals surface area contributed by atoms with Crippen LogP contribution in [-0.2, 0) is 6.42 Å². The molecule has 0 saturated heterocycles. The molecule has 1 heterocycles. The lowest BCUT2D eigenvalue weighted by Gasteiger charge is -2.17. The molecular formula is C15H14BrNOS. The van der Waals surface area contributed by atoms with Gasteiger partial charge in [-0.2, -0.15) is 11.3 Å². The average Bonchev–Trinajstić information content (AvgIpc) is 2.94. The summed E-state index contributed by atoms with van der Waals surface area (Å²) in [7, 11) is 0. The van der Waals surface area contributed by atoms with Crippen molar-refractivity contribution in [3.63, 3.8) is 0 Å². The SMILES string of the molecule is Cc1cscc1C(=O)NC1c2ccccc2CC1Br. The van der Waals surface area contributed by atoms with Gasteiger partial charge in [-0.3, -0.25) is 4.79 Å². The minimum Gasteiger partial charge on any atom is -0.344 e. The van der Waals surface area contributed by atoms with Crippen LogP contribution in [0.2, 0.25) is 0 Å². The van der Waals surface area contributed by atoms with Crippen molar-refractivity contribution >= 4 is 33.2 Å². The Balaban J connectivity index is 1.84. The van der Waals surface area contributed by atoms with E-state index in [1.54, 1.807) is 11.3 Å². The third-order valence-corrected chi connectivity index (χ3v) is 5.27. The van der Waals surface area contributed by atoms with Crippen molar-refractivity contribution in [1.29, 1.82) is 0 Å². The van der Waals surface area contributed by atoms with Gasteiger partial charge in [0.25, 0.3) is 5.91 Å². The summed E-state index contributed by atoms with van der Waals surface area (Å²) in [5.74, 6) is 0.0184. The summed E-state index contributed by atoms with van der Waals surface area (Å²) in [6.07, 6.45) is 0.962. The first kappa shape index (κ1) is 12.9. The summed E-state index contributed by atoms with van der Waals surface area (Å²) in [5, 5.41) is 7.06. The second-order valence-corrected chi connectivity index (χ2v) is 6.76. The number of thiophene rings is 1. The zero-order valence-corrected chi connectivity index (χ0v) is 12.9. The Kier molecular flexibility index (Phi) is 3.46. The molecule has 2 nitrogen and oxygen atoms in total. The highest BCUT2D eigenvalue weighted by atomic mass is 79.9. The number of hydrogen-bond donors (Lipinski definition) is 1. The number of nitrogens with one attached hydrogen (secondary N) is 1. The molecule has 2 unspecified atom stereocenters. The average molecular weight is 336 g/mol. The molecule has 1 aromatic heterocycles. The molecular weight excluding hydrogens is 322 g/mol. The van der Waals surface area contributed by atoms with Gasteiger partial charge < -0.3 is 5.32 Å². The molecule has 0 aliphatic heterocycles. The Morgan fingerprint density at radius 2 is 2.16 bits per heavy atom. The first-order chi connectivity index (χ1) is 9.16. The van der Waals surface area contributed by atoms with Crippen molar-refractivity contribution < 1.29 is 4.79 Å². The summed E-state index contributed by atoms with van der Waals surface area (Å²) in [6.45, 7) is 1.97. The molecule has 1 N–H and O–H groups in total. The molecule has 2 atom stereocenters. The predicted molar refractivity (Wildman–Crippen MR) is 82.1 cm³/mol. The lowest BCUT2D eigenvalue weighted by Crippen LogP contribution is -2.31. The summed E-state index contributed by atoms with van der Waals surface area (Å²) in [6, 6.07) is 8.36. The lowest BCUT2D eigenvalue weighted by atomic mass is 10.1. The van der Waals surface area contributed by atoms with Gasteiger partial charge in [0, 0.05) is 10.2 Å². The van der Waals surface area contributed by atoms with E-state index < -0.39 is 0 Å². The fourth-order valence-corrected chi connectivity index (χ4v) is 4.12. The van der Waals surface area contributed by atoms with Gasteiger partial charge in [-0.1, -0.05) is 40.2 Å². The number of benzene rings is 1. The summed E-state index contributed by atoms with van der Waals surface area (Å²) < 4.78 is 0. The second kappa shape index (κ2) is 5.10. The molecule has 1 aliphatic rings. The minimum absolute atomic E-state index is 0.0184. The van der Waals surface area contributed by atoms with Crippen molar-refractivity contribution in [2.24, 2.45) is 0 Å². The molecule has 1 aliphatic carbocycles.